The SMILES string of the molecule is CC(C)(C)OC(=O)N1C(=O)[C@H](O)CC[C@H]1C(=O)OCc1ccccc1. The summed E-state index contributed by atoms with van der Waals surface area (Å²) >= 11 is 0. The lowest BCUT2D eigenvalue weighted by Crippen LogP contribution is -2.57. The van der Waals surface area contributed by atoms with Crippen molar-refractivity contribution in [1.29, 1.82) is 0 Å². The lowest BCUT2D eigenvalue weighted by atomic mass is 10.00. The molecule has 0 saturated carbocycles. The Hall–Kier alpha value is -2.41. The van der Waals surface area contributed by atoms with Crippen molar-refractivity contribution in [3.05, 3.63) is 35.9 Å². The van der Waals surface area contributed by atoms with Gasteiger partial charge >= 0.3 is 12.1 Å². The Bertz CT molecular complexity index is 637. The van der Waals surface area contributed by atoms with Gasteiger partial charge in [0.25, 0.3) is 5.91 Å². The third kappa shape index (κ3) is 5.03. The molecule has 1 aromatic carbocycles. The lowest BCUT2D eigenvalue weighted by molar-refractivity contribution is -0.162. The zero-order valence-electron chi connectivity index (χ0n) is 14.6. The van der Waals surface area contributed by atoms with E-state index in [0.717, 1.165) is 5.56 Å². The van der Waals surface area contributed by atoms with Crippen molar-refractivity contribution >= 4 is 18.0 Å². The van der Waals surface area contributed by atoms with Crippen LogP contribution in [0.1, 0.15) is 39.2 Å². The number of rotatable bonds is 3. The van der Waals surface area contributed by atoms with Crippen LogP contribution in [0, 0.1) is 0 Å². The number of aliphatic hydroxyl groups excluding tert-OH is 1. The third-order valence-electron chi connectivity index (χ3n) is 3.63. The van der Waals surface area contributed by atoms with E-state index in [9.17, 15) is 19.5 Å². The fourth-order valence-electron chi connectivity index (χ4n) is 2.46. The van der Waals surface area contributed by atoms with Gasteiger partial charge in [-0.05, 0) is 39.2 Å². The van der Waals surface area contributed by atoms with Gasteiger partial charge < -0.3 is 14.6 Å². The normalized spacial score (nSPS) is 21.0. The summed E-state index contributed by atoms with van der Waals surface area (Å²) < 4.78 is 10.4. The predicted octanol–water partition coefficient (Wildman–Crippen LogP) is 2.02. The minimum atomic E-state index is -1.33. The molecule has 0 aliphatic carbocycles. The van der Waals surface area contributed by atoms with E-state index in [1.165, 1.54) is 0 Å². The Kier molecular flexibility index (Phi) is 5.79. The Morgan fingerprint density at radius 3 is 2.44 bits per heavy atom. The molecule has 25 heavy (non-hydrogen) atoms. The molecule has 0 unspecified atom stereocenters. The molecule has 7 heteroatoms. The van der Waals surface area contributed by atoms with Gasteiger partial charge in [0, 0.05) is 0 Å². The number of imide groups is 1. The molecule has 2 rings (SSSR count). The van der Waals surface area contributed by atoms with Crippen LogP contribution >= 0.6 is 0 Å². The van der Waals surface area contributed by atoms with Crippen LogP contribution in [0.3, 0.4) is 0 Å². The monoisotopic (exact) mass is 349 g/mol. The molecule has 1 aliphatic rings. The first kappa shape index (κ1) is 18.9. The summed E-state index contributed by atoms with van der Waals surface area (Å²) in [5.41, 5.74) is -0.0417. The fourth-order valence-corrected chi connectivity index (χ4v) is 2.46. The Morgan fingerprint density at radius 1 is 1.20 bits per heavy atom. The second-order valence-electron chi connectivity index (χ2n) is 6.89. The molecule has 1 aromatic rings. The molecule has 0 spiro atoms. The van der Waals surface area contributed by atoms with Crippen molar-refractivity contribution in [2.24, 2.45) is 0 Å². The molecular formula is C18H23NO6. The highest BCUT2D eigenvalue weighted by molar-refractivity contribution is 5.99. The minimum absolute atomic E-state index is 0.0368. The first-order valence-electron chi connectivity index (χ1n) is 8.14. The molecule has 1 fully saturated rings. The molecule has 0 radical (unpaired) electrons. The Labute approximate surface area is 146 Å². The van der Waals surface area contributed by atoms with Gasteiger partial charge in [-0.15, -0.1) is 0 Å². The van der Waals surface area contributed by atoms with Crippen molar-refractivity contribution in [2.75, 3.05) is 0 Å². The van der Waals surface area contributed by atoms with E-state index in [4.69, 9.17) is 9.47 Å². The van der Waals surface area contributed by atoms with Crippen LogP contribution in [0.5, 0.6) is 0 Å². The highest BCUT2D eigenvalue weighted by Crippen LogP contribution is 2.23. The molecule has 1 heterocycles. The molecule has 7 nitrogen and oxygen atoms in total. The summed E-state index contributed by atoms with van der Waals surface area (Å²) in [4.78, 5) is 37.6. The fraction of sp³-hybridized carbons (Fsp3) is 0.500. The zero-order chi connectivity index (χ0) is 18.6. The average Bonchev–Trinajstić information content (AvgIpc) is 2.54. The van der Waals surface area contributed by atoms with E-state index in [2.05, 4.69) is 0 Å². The molecule has 0 bridgehead atoms. The highest BCUT2D eigenvalue weighted by atomic mass is 16.6. The number of nitrogens with zero attached hydrogens (tertiary/aromatic N) is 1. The van der Waals surface area contributed by atoms with Gasteiger partial charge in [-0.1, -0.05) is 30.3 Å². The second-order valence-corrected chi connectivity index (χ2v) is 6.89. The van der Waals surface area contributed by atoms with Gasteiger partial charge in [-0.3, -0.25) is 4.79 Å². The number of carbonyl (C=O) groups is 3. The van der Waals surface area contributed by atoms with Gasteiger partial charge in [-0.2, -0.15) is 0 Å². The summed E-state index contributed by atoms with van der Waals surface area (Å²) in [5.74, 6) is -1.54. The van der Waals surface area contributed by atoms with Gasteiger partial charge in [0.15, 0.2) is 0 Å². The number of esters is 1. The molecule has 1 N–H and O–H groups in total. The standard InChI is InChI=1S/C18H23NO6/c1-18(2,3)25-17(23)19-13(9-10-14(20)15(19)21)16(22)24-11-12-7-5-4-6-8-12/h4-8,13-14,20H,9-11H2,1-3H3/t13-,14+/m0/s1. The first-order chi connectivity index (χ1) is 11.7. The van der Waals surface area contributed by atoms with Crippen molar-refractivity contribution in [2.45, 2.75) is 58.0 Å². The van der Waals surface area contributed by atoms with Crippen LogP contribution in [0.15, 0.2) is 30.3 Å². The maximum Gasteiger partial charge on any atom is 0.417 e. The van der Waals surface area contributed by atoms with Crippen LogP contribution in [-0.4, -0.2) is 45.7 Å². The average molecular weight is 349 g/mol. The number of amides is 2. The Balaban J connectivity index is 2.10. The van der Waals surface area contributed by atoms with E-state index in [0.29, 0.717) is 4.90 Å². The number of ether oxygens (including phenoxy) is 2. The van der Waals surface area contributed by atoms with E-state index in [-0.39, 0.29) is 19.4 Å². The first-order valence-corrected chi connectivity index (χ1v) is 8.14. The molecule has 1 aliphatic heterocycles. The molecular weight excluding hydrogens is 326 g/mol. The summed E-state index contributed by atoms with van der Waals surface area (Å²) in [5, 5.41) is 9.75. The molecule has 2 amide bonds. The van der Waals surface area contributed by atoms with E-state index in [1.54, 1.807) is 32.9 Å². The number of piperidine rings is 1. The topological polar surface area (TPSA) is 93.1 Å². The zero-order valence-corrected chi connectivity index (χ0v) is 14.6. The van der Waals surface area contributed by atoms with Crippen molar-refractivity contribution in [1.82, 2.24) is 4.90 Å². The second kappa shape index (κ2) is 7.65. The smallest absolute Gasteiger partial charge is 0.417 e. The predicted molar refractivity (Wildman–Crippen MR) is 88.3 cm³/mol. The lowest BCUT2D eigenvalue weighted by Gasteiger charge is -2.35. The molecule has 136 valence electrons. The summed E-state index contributed by atoms with van der Waals surface area (Å²) in [7, 11) is 0. The van der Waals surface area contributed by atoms with Crippen LogP contribution in [0.25, 0.3) is 0 Å². The number of carbonyl (C=O) groups excluding carboxylic acids is 3. The van der Waals surface area contributed by atoms with Gasteiger partial charge in [-0.25, -0.2) is 14.5 Å². The van der Waals surface area contributed by atoms with Crippen LogP contribution in [-0.2, 0) is 25.7 Å². The Morgan fingerprint density at radius 2 is 1.84 bits per heavy atom. The minimum Gasteiger partial charge on any atom is -0.459 e. The number of likely N-dealkylation sites (tertiary alicyclic amines) is 1. The van der Waals surface area contributed by atoms with E-state index >= 15 is 0 Å². The van der Waals surface area contributed by atoms with E-state index in [1.807, 2.05) is 18.2 Å². The maximum atomic E-state index is 12.4. The maximum absolute atomic E-state index is 12.4. The number of benzene rings is 1. The van der Waals surface area contributed by atoms with Gasteiger partial charge in [0.05, 0.1) is 0 Å². The summed E-state index contributed by atoms with van der Waals surface area (Å²) in [6.45, 7) is 4.99. The van der Waals surface area contributed by atoms with Gasteiger partial charge in [0.2, 0.25) is 0 Å². The van der Waals surface area contributed by atoms with Crippen molar-refractivity contribution < 1.29 is 29.0 Å². The van der Waals surface area contributed by atoms with Gasteiger partial charge in [0.1, 0.15) is 24.4 Å². The molecule has 2 atom stereocenters. The van der Waals surface area contributed by atoms with Crippen LogP contribution < -0.4 is 0 Å². The number of aliphatic hydroxyl groups is 1. The highest BCUT2D eigenvalue weighted by Gasteiger charge is 2.44. The van der Waals surface area contributed by atoms with Crippen molar-refractivity contribution in [3.63, 3.8) is 0 Å². The van der Waals surface area contributed by atoms with Crippen molar-refractivity contribution in [3.8, 4) is 0 Å². The number of hydrogen-bond acceptors (Lipinski definition) is 6. The summed E-state index contributed by atoms with van der Waals surface area (Å²) in [6.07, 6.45) is -2.08. The van der Waals surface area contributed by atoms with E-state index < -0.39 is 35.7 Å². The molecule has 0 aromatic heterocycles. The largest absolute Gasteiger partial charge is 0.459 e. The summed E-state index contributed by atoms with van der Waals surface area (Å²) in [6, 6.07) is 7.97. The molecule has 1 saturated heterocycles. The third-order valence-corrected chi connectivity index (χ3v) is 3.63. The van der Waals surface area contributed by atoms with Crippen LogP contribution in [0.4, 0.5) is 4.79 Å². The van der Waals surface area contributed by atoms with Crippen LogP contribution in [0.2, 0.25) is 0 Å². The number of hydrogen-bond donors (Lipinski definition) is 1. The quantitative estimate of drug-likeness (QED) is 0.839.